The summed E-state index contributed by atoms with van der Waals surface area (Å²) in [5.41, 5.74) is 12.3. The van der Waals surface area contributed by atoms with Crippen molar-refractivity contribution in [3.05, 3.63) is 181 Å². The molecule has 0 saturated carbocycles. The van der Waals surface area contributed by atoms with Crippen LogP contribution in [0, 0.1) is 13.8 Å². The fourth-order valence-corrected chi connectivity index (χ4v) is 8.34. The van der Waals surface area contributed by atoms with Crippen LogP contribution in [0.25, 0.3) is 45.2 Å². The predicted molar refractivity (Wildman–Crippen MR) is 248 cm³/mol. The molecule has 14 nitrogen and oxygen atoms in total. The second-order valence-corrected chi connectivity index (χ2v) is 16.0. The van der Waals surface area contributed by atoms with Crippen molar-refractivity contribution in [3.63, 3.8) is 0 Å². The molecule has 64 heavy (non-hydrogen) atoms. The van der Waals surface area contributed by atoms with Gasteiger partial charge >= 0.3 is 5.97 Å². The number of aromatic nitrogens is 10. The normalized spacial score (nSPS) is 11.2. The Kier molecular flexibility index (Phi) is 12.8. The molecular weight excluding hydrogens is 805 g/mol. The van der Waals surface area contributed by atoms with E-state index in [0.717, 1.165) is 106 Å². The number of nitrogens with zero attached hydrogens (tertiary/aromatic N) is 7. The van der Waals surface area contributed by atoms with Crippen molar-refractivity contribution < 1.29 is 9.90 Å². The minimum Gasteiger partial charge on any atom is -0.478 e. The topological polar surface area (TPSA) is 192 Å². The van der Waals surface area contributed by atoms with Crippen LogP contribution < -0.4 is 11.1 Å². The van der Waals surface area contributed by atoms with E-state index >= 15 is 0 Å². The van der Waals surface area contributed by atoms with Crippen LogP contribution in [0.2, 0.25) is 0 Å². The van der Waals surface area contributed by atoms with Gasteiger partial charge in [-0.3, -0.25) is 28.4 Å². The number of fused-ring (bicyclic) bond motifs is 2. The lowest BCUT2D eigenvalue weighted by Gasteiger charge is -2.13. The maximum absolute atomic E-state index is 13.0. The third kappa shape index (κ3) is 8.93. The third-order valence-corrected chi connectivity index (χ3v) is 11.6. The Bertz CT molecular complexity index is 3180. The van der Waals surface area contributed by atoms with Gasteiger partial charge in [0.25, 0.3) is 11.1 Å². The summed E-state index contributed by atoms with van der Waals surface area (Å²) in [7, 11) is 0. The van der Waals surface area contributed by atoms with Crippen molar-refractivity contribution in [2.24, 2.45) is 0 Å². The van der Waals surface area contributed by atoms with Crippen LogP contribution in [-0.4, -0.2) is 60.4 Å². The first-order chi connectivity index (χ1) is 31.1. The number of carboxylic acid groups (broad SMARTS) is 1. The molecule has 0 saturated heterocycles. The predicted octanol–water partition coefficient (Wildman–Crippen LogP) is 8.74. The van der Waals surface area contributed by atoms with Gasteiger partial charge in [0.1, 0.15) is 0 Å². The average Bonchev–Trinajstić information content (AvgIpc) is 4.08. The van der Waals surface area contributed by atoms with E-state index < -0.39 is 5.97 Å². The fraction of sp³-hybridized carbons (Fsp3) is 0.240. The molecule has 0 aliphatic carbocycles. The molecule has 0 spiro atoms. The molecule has 324 valence electrons. The quantitative estimate of drug-likeness (QED) is 0.0828. The molecule has 0 amide bonds. The largest absolute Gasteiger partial charge is 0.478 e. The number of H-pyrrole nitrogens is 3. The average molecular weight is 855 g/mol. The number of carboxylic acids is 1. The summed E-state index contributed by atoms with van der Waals surface area (Å²) in [5, 5.41) is 23.9. The molecule has 4 N–H and O–H groups in total. The minimum atomic E-state index is -0.948. The number of aromatic amines is 3. The zero-order valence-electron chi connectivity index (χ0n) is 36.4. The van der Waals surface area contributed by atoms with E-state index in [1.165, 1.54) is 0 Å². The molecule has 4 aromatic carbocycles. The molecule has 0 aliphatic rings. The van der Waals surface area contributed by atoms with E-state index in [-0.39, 0.29) is 16.7 Å². The third-order valence-electron chi connectivity index (χ3n) is 11.6. The van der Waals surface area contributed by atoms with Crippen LogP contribution >= 0.6 is 0 Å². The Labute approximate surface area is 369 Å². The monoisotopic (exact) mass is 854 g/mol. The molecule has 5 heterocycles. The molecule has 5 aromatic heterocycles. The van der Waals surface area contributed by atoms with Crippen LogP contribution in [0.4, 0.5) is 0 Å². The molecule has 0 fully saturated rings. The number of unbranched alkanes of at least 4 members (excludes halogenated alkanes) is 2. The lowest BCUT2D eigenvalue weighted by molar-refractivity contribution is 0.0697. The number of imidazole rings is 2. The highest BCUT2D eigenvalue weighted by Crippen LogP contribution is 2.30. The highest BCUT2D eigenvalue weighted by Gasteiger charge is 2.18. The lowest BCUT2D eigenvalue weighted by Crippen LogP contribution is -2.21. The van der Waals surface area contributed by atoms with Crippen LogP contribution in [0.15, 0.2) is 119 Å². The van der Waals surface area contributed by atoms with Crippen LogP contribution in [-0.2, 0) is 25.7 Å². The van der Waals surface area contributed by atoms with Crippen molar-refractivity contribution in [3.8, 4) is 33.6 Å². The highest BCUT2D eigenvalue weighted by molar-refractivity contribution is 5.96. The van der Waals surface area contributed by atoms with E-state index in [2.05, 4.69) is 83.1 Å². The van der Waals surface area contributed by atoms with Gasteiger partial charge in [0.05, 0.1) is 18.0 Å². The van der Waals surface area contributed by atoms with Gasteiger partial charge in [0, 0.05) is 52.3 Å². The standard InChI is InChI=1S/C25H25N7O.C25H25N3O3/c1-3-4-9-22-21(24(33)27-25-26-15-16(2)32(22)25)14-17-10-12-18(13-11-17)19-7-5-6-8-20(19)23-28-30-31-29-23;1-3-4-9-22-21(23(29)27-25-26-15-16(2)28(22)25)14-17-10-12-18(13-11-17)19-7-5-6-8-20(19)24(30)31/h5-8,10-13,15H,3-4,9,14H2,1-2H3,(H,26,27,33)(H,28,29,30,31);5-8,10-13,15H,3-4,9,14H2,1-2H3,(H,30,31)(H,26,27,29). The first-order valence-corrected chi connectivity index (χ1v) is 21.6. The number of nitrogens with one attached hydrogen (secondary N) is 3. The van der Waals surface area contributed by atoms with Crippen LogP contribution in [0.3, 0.4) is 0 Å². The first-order valence-electron chi connectivity index (χ1n) is 21.6. The van der Waals surface area contributed by atoms with Gasteiger partial charge in [-0.1, -0.05) is 118 Å². The molecule has 9 aromatic rings. The second-order valence-electron chi connectivity index (χ2n) is 16.0. The van der Waals surface area contributed by atoms with E-state index in [1.54, 1.807) is 24.5 Å². The Balaban J connectivity index is 0.000000175. The summed E-state index contributed by atoms with van der Waals surface area (Å²) < 4.78 is 4.13. The van der Waals surface area contributed by atoms with Crippen LogP contribution in [0.5, 0.6) is 0 Å². The van der Waals surface area contributed by atoms with E-state index in [4.69, 9.17) is 0 Å². The van der Waals surface area contributed by atoms with Gasteiger partial charge in [0.2, 0.25) is 17.4 Å². The molecule has 0 aliphatic heterocycles. The zero-order valence-corrected chi connectivity index (χ0v) is 36.4. The molecule has 14 heteroatoms. The van der Waals surface area contributed by atoms with Gasteiger partial charge in [-0.25, -0.2) is 14.8 Å². The smallest absolute Gasteiger partial charge is 0.336 e. The summed E-state index contributed by atoms with van der Waals surface area (Å²) >= 11 is 0. The summed E-state index contributed by atoms with van der Waals surface area (Å²) in [4.78, 5) is 51.9. The van der Waals surface area contributed by atoms with E-state index in [9.17, 15) is 19.5 Å². The molecule has 0 bridgehead atoms. The van der Waals surface area contributed by atoms with Crippen molar-refractivity contribution in [1.82, 2.24) is 49.4 Å². The zero-order chi connectivity index (χ0) is 44.7. The number of tetrazole rings is 1. The number of hydrogen-bond acceptors (Lipinski definition) is 8. The number of hydrogen-bond donors (Lipinski definition) is 4. The number of aryl methyl sites for hydroxylation is 4. The van der Waals surface area contributed by atoms with Crippen molar-refractivity contribution in [1.29, 1.82) is 0 Å². The molecule has 9 rings (SSSR count). The number of benzene rings is 4. The van der Waals surface area contributed by atoms with Gasteiger partial charge < -0.3 is 5.11 Å². The Morgan fingerprint density at radius 3 is 1.56 bits per heavy atom. The van der Waals surface area contributed by atoms with Gasteiger partial charge in [-0.2, -0.15) is 5.21 Å². The van der Waals surface area contributed by atoms with Crippen LogP contribution in [0.1, 0.15) is 94.9 Å². The van der Waals surface area contributed by atoms with E-state index in [1.807, 2.05) is 78.9 Å². The Hall–Kier alpha value is -7.74. The van der Waals surface area contributed by atoms with Crippen molar-refractivity contribution in [2.75, 3.05) is 0 Å². The van der Waals surface area contributed by atoms with Gasteiger partial charge in [-0.05, 0) is 84.2 Å². The molecule has 0 unspecified atom stereocenters. The van der Waals surface area contributed by atoms with E-state index in [0.29, 0.717) is 35.8 Å². The summed E-state index contributed by atoms with van der Waals surface area (Å²) in [6.45, 7) is 8.31. The number of carbonyl (C=O) groups is 1. The maximum Gasteiger partial charge on any atom is 0.336 e. The Morgan fingerprint density at radius 1 is 0.625 bits per heavy atom. The van der Waals surface area contributed by atoms with Gasteiger partial charge in [-0.15, -0.1) is 10.2 Å². The molecular formula is C50H50N10O4. The minimum absolute atomic E-state index is 0.0641. The highest BCUT2D eigenvalue weighted by atomic mass is 16.4. The van der Waals surface area contributed by atoms with Crippen molar-refractivity contribution in [2.45, 2.75) is 79.1 Å². The lowest BCUT2D eigenvalue weighted by atomic mass is 9.96. The summed E-state index contributed by atoms with van der Waals surface area (Å²) in [6.07, 6.45) is 10.4. The summed E-state index contributed by atoms with van der Waals surface area (Å²) in [5.74, 6) is 0.806. The number of rotatable bonds is 14. The Morgan fingerprint density at radius 2 is 1.09 bits per heavy atom. The SMILES string of the molecule is CCCCc1c(Cc2ccc(-c3ccccc3-c3nn[nH]n3)cc2)c(=O)[nH]c2ncc(C)n12.CCCCc1c(Cc2ccc(-c3ccccc3C(=O)O)cc2)c(=O)[nH]c2ncc(C)n12. The number of aromatic carboxylic acids is 1. The molecule has 0 atom stereocenters. The summed E-state index contributed by atoms with van der Waals surface area (Å²) in [6, 6.07) is 31.0. The fourth-order valence-electron chi connectivity index (χ4n) is 8.34. The van der Waals surface area contributed by atoms with Gasteiger partial charge in [0.15, 0.2) is 0 Å². The maximum atomic E-state index is 13.0. The second kappa shape index (κ2) is 19.1. The molecule has 0 radical (unpaired) electrons. The first kappa shape index (κ1) is 42.9. The van der Waals surface area contributed by atoms with Crippen molar-refractivity contribution >= 4 is 17.5 Å².